The van der Waals surface area contributed by atoms with Crippen molar-refractivity contribution < 1.29 is 8.42 Å². The first-order valence-electron chi connectivity index (χ1n) is 6.31. The lowest BCUT2D eigenvalue weighted by molar-refractivity contribution is 0.589. The minimum Gasteiger partial charge on any atom is -0.321 e. The lowest BCUT2D eigenvalue weighted by atomic mass is 10.3. The summed E-state index contributed by atoms with van der Waals surface area (Å²) in [6, 6.07) is 0. The summed E-state index contributed by atoms with van der Waals surface area (Å²) in [4.78, 5) is 12.3. The first-order chi connectivity index (χ1) is 9.49. The smallest absolute Gasteiger partial charge is 0.280 e. The molecule has 2 heterocycles. The van der Waals surface area contributed by atoms with Gasteiger partial charge in [-0.15, -0.1) is 0 Å². The fourth-order valence-corrected chi connectivity index (χ4v) is 3.19. The molecule has 1 aliphatic rings. The Morgan fingerprint density at radius 3 is 2.55 bits per heavy atom. The molecule has 0 bridgehead atoms. The van der Waals surface area contributed by atoms with Gasteiger partial charge in [0.1, 0.15) is 5.82 Å². The van der Waals surface area contributed by atoms with Crippen molar-refractivity contribution in [3.63, 3.8) is 0 Å². The highest BCUT2D eigenvalue weighted by molar-refractivity contribution is 7.92. The fourth-order valence-electron chi connectivity index (χ4n) is 1.99. The van der Waals surface area contributed by atoms with E-state index >= 15 is 0 Å². The highest BCUT2D eigenvalue weighted by Crippen LogP contribution is 2.41. The van der Waals surface area contributed by atoms with Crippen LogP contribution in [0.5, 0.6) is 0 Å². The van der Waals surface area contributed by atoms with E-state index in [2.05, 4.69) is 19.7 Å². The van der Waals surface area contributed by atoms with Gasteiger partial charge in [0.15, 0.2) is 10.8 Å². The highest BCUT2D eigenvalue weighted by Gasteiger charge is 2.30. The van der Waals surface area contributed by atoms with Gasteiger partial charge in [-0.05, 0) is 19.8 Å². The summed E-state index contributed by atoms with van der Waals surface area (Å²) in [6.45, 7) is 1.75. The summed E-state index contributed by atoms with van der Waals surface area (Å²) in [5, 5.41) is 0.113. The minimum absolute atomic E-state index is 0.113. The van der Waals surface area contributed by atoms with Gasteiger partial charge in [0.25, 0.3) is 10.0 Å². The quantitative estimate of drug-likeness (QED) is 0.914. The van der Waals surface area contributed by atoms with Crippen LogP contribution < -0.4 is 4.72 Å². The van der Waals surface area contributed by atoms with Gasteiger partial charge in [0.2, 0.25) is 0 Å². The van der Waals surface area contributed by atoms with Crippen LogP contribution in [-0.2, 0) is 17.1 Å². The Morgan fingerprint density at radius 1 is 1.25 bits per heavy atom. The Hall–Kier alpha value is -1.96. The van der Waals surface area contributed by atoms with Crippen LogP contribution in [0.15, 0.2) is 23.6 Å². The molecule has 0 unspecified atom stereocenters. The van der Waals surface area contributed by atoms with Gasteiger partial charge >= 0.3 is 0 Å². The molecule has 7 nitrogen and oxygen atoms in total. The van der Waals surface area contributed by atoms with E-state index in [0.717, 1.165) is 18.5 Å². The second-order valence-electron chi connectivity index (χ2n) is 4.87. The van der Waals surface area contributed by atoms with Gasteiger partial charge in [0.05, 0.1) is 11.9 Å². The third kappa shape index (κ3) is 2.26. The number of hydrogen-bond donors (Lipinski definition) is 1. The molecule has 0 aromatic carbocycles. The molecule has 1 N–H and O–H groups in total. The summed E-state index contributed by atoms with van der Waals surface area (Å²) < 4.78 is 28.8. The molecule has 20 heavy (non-hydrogen) atoms. The number of anilines is 1. The van der Waals surface area contributed by atoms with E-state index in [0.29, 0.717) is 17.6 Å². The monoisotopic (exact) mass is 293 g/mol. The Kier molecular flexibility index (Phi) is 2.97. The second-order valence-corrected chi connectivity index (χ2v) is 6.50. The van der Waals surface area contributed by atoms with Crippen LogP contribution in [0.2, 0.25) is 0 Å². The Morgan fingerprint density at radius 2 is 1.95 bits per heavy atom. The van der Waals surface area contributed by atoms with Crippen molar-refractivity contribution in [2.45, 2.75) is 30.7 Å². The molecule has 0 spiro atoms. The number of aryl methyl sites for hydroxylation is 1. The van der Waals surface area contributed by atoms with E-state index < -0.39 is 10.0 Å². The van der Waals surface area contributed by atoms with Crippen molar-refractivity contribution >= 4 is 15.8 Å². The molecule has 2 aromatic heterocycles. The van der Waals surface area contributed by atoms with E-state index in [-0.39, 0.29) is 5.03 Å². The van der Waals surface area contributed by atoms with Crippen LogP contribution in [0.25, 0.3) is 0 Å². The molecule has 2 aromatic rings. The largest absolute Gasteiger partial charge is 0.321 e. The third-order valence-corrected chi connectivity index (χ3v) is 4.77. The number of sulfonamides is 1. The molecule has 106 valence electrons. The predicted octanol–water partition coefficient (Wildman–Crippen LogP) is 1.20. The second kappa shape index (κ2) is 4.55. The van der Waals surface area contributed by atoms with Crippen molar-refractivity contribution in [2.24, 2.45) is 7.05 Å². The Bertz CT molecular complexity index is 749. The molecule has 0 atom stereocenters. The van der Waals surface area contributed by atoms with Crippen LogP contribution in [-0.4, -0.2) is 27.9 Å². The standard InChI is InChI=1S/C12H15N5O2S/c1-8-15-7-10(17(8)2)20(18,19)16-12-11(9-3-4-9)13-5-6-14-12/h5-7,9H,3-4H2,1-2H3,(H,14,16). The zero-order chi connectivity index (χ0) is 14.3. The van der Waals surface area contributed by atoms with Crippen LogP contribution in [0.1, 0.15) is 30.3 Å². The van der Waals surface area contributed by atoms with Crippen molar-refractivity contribution in [2.75, 3.05) is 4.72 Å². The Labute approximate surface area is 117 Å². The molecular weight excluding hydrogens is 278 g/mol. The van der Waals surface area contributed by atoms with E-state index in [4.69, 9.17) is 0 Å². The van der Waals surface area contributed by atoms with Crippen molar-refractivity contribution in [1.29, 1.82) is 0 Å². The molecule has 1 saturated carbocycles. The first kappa shape index (κ1) is 13.0. The maximum absolute atomic E-state index is 12.4. The highest BCUT2D eigenvalue weighted by atomic mass is 32.2. The summed E-state index contributed by atoms with van der Waals surface area (Å²) in [6.07, 6.45) is 6.46. The fraction of sp³-hybridized carbons (Fsp3) is 0.417. The first-order valence-corrected chi connectivity index (χ1v) is 7.79. The summed E-state index contributed by atoms with van der Waals surface area (Å²) in [5.41, 5.74) is 0.718. The molecule has 3 rings (SSSR count). The molecule has 0 amide bonds. The number of rotatable bonds is 4. The number of nitrogens with zero attached hydrogens (tertiary/aromatic N) is 4. The van der Waals surface area contributed by atoms with Crippen LogP contribution in [0.4, 0.5) is 5.82 Å². The van der Waals surface area contributed by atoms with E-state index in [9.17, 15) is 8.42 Å². The molecule has 0 radical (unpaired) electrons. The number of nitrogens with one attached hydrogen (secondary N) is 1. The van der Waals surface area contributed by atoms with Gasteiger partial charge in [0, 0.05) is 25.4 Å². The predicted molar refractivity (Wildman–Crippen MR) is 72.8 cm³/mol. The van der Waals surface area contributed by atoms with Gasteiger partial charge < -0.3 is 4.57 Å². The maximum atomic E-state index is 12.4. The SMILES string of the molecule is Cc1ncc(S(=O)(=O)Nc2nccnc2C2CC2)n1C. The van der Waals surface area contributed by atoms with E-state index in [1.54, 1.807) is 20.2 Å². The van der Waals surface area contributed by atoms with Gasteiger partial charge in [-0.3, -0.25) is 9.71 Å². The topological polar surface area (TPSA) is 89.8 Å². The lowest BCUT2D eigenvalue weighted by Crippen LogP contribution is -2.18. The van der Waals surface area contributed by atoms with E-state index in [1.807, 2.05) is 0 Å². The minimum atomic E-state index is -3.70. The summed E-state index contributed by atoms with van der Waals surface area (Å²) in [7, 11) is -2.04. The van der Waals surface area contributed by atoms with Crippen molar-refractivity contribution in [3.05, 3.63) is 30.1 Å². The maximum Gasteiger partial charge on any atom is 0.280 e. The molecule has 1 fully saturated rings. The summed E-state index contributed by atoms with van der Waals surface area (Å²) in [5.74, 6) is 1.26. The molecule has 0 saturated heterocycles. The normalized spacial score (nSPS) is 15.3. The van der Waals surface area contributed by atoms with Crippen LogP contribution >= 0.6 is 0 Å². The zero-order valence-electron chi connectivity index (χ0n) is 11.2. The summed E-state index contributed by atoms with van der Waals surface area (Å²) >= 11 is 0. The lowest BCUT2D eigenvalue weighted by Gasteiger charge is -2.10. The van der Waals surface area contributed by atoms with E-state index in [1.165, 1.54) is 17.0 Å². The third-order valence-electron chi connectivity index (χ3n) is 3.37. The number of aromatic nitrogens is 4. The van der Waals surface area contributed by atoms with Crippen LogP contribution in [0, 0.1) is 6.92 Å². The van der Waals surface area contributed by atoms with Crippen molar-refractivity contribution in [1.82, 2.24) is 19.5 Å². The van der Waals surface area contributed by atoms with Gasteiger partial charge in [-0.1, -0.05) is 0 Å². The Balaban J connectivity index is 1.96. The molecule has 0 aliphatic heterocycles. The van der Waals surface area contributed by atoms with Crippen LogP contribution in [0.3, 0.4) is 0 Å². The average Bonchev–Trinajstić information content (AvgIpc) is 3.17. The van der Waals surface area contributed by atoms with Gasteiger partial charge in [-0.2, -0.15) is 8.42 Å². The zero-order valence-corrected chi connectivity index (χ0v) is 12.1. The van der Waals surface area contributed by atoms with Gasteiger partial charge in [-0.25, -0.2) is 9.97 Å². The molecular formula is C12H15N5O2S. The number of imidazole rings is 1. The number of hydrogen-bond acceptors (Lipinski definition) is 5. The molecule has 1 aliphatic carbocycles. The molecule has 8 heteroatoms. The van der Waals surface area contributed by atoms with Crippen molar-refractivity contribution in [3.8, 4) is 0 Å². The average molecular weight is 293 g/mol.